The van der Waals surface area contributed by atoms with Gasteiger partial charge in [-0.3, -0.25) is 9.89 Å². The zero-order valence-electron chi connectivity index (χ0n) is 19.6. The summed E-state index contributed by atoms with van der Waals surface area (Å²) in [4.78, 5) is 9.37. The van der Waals surface area contributed by atoms with Crippen LogP contribution in [0.1, 0.15) is 16.7 Å². The molecule has 8 heteroatoms. The molecule has 4 rings (SSSR count). The third-order valence-corrected chi connectivity index (χ3v) is 6.75. The van der Waals surface area contributed by atoms with Crippen molar-refractivity contribution in [3.63, 3.8) is 0 Å². The first kappa shape index (κ1) is 24.1. The molecule has 2 aliphatic rings. The summed E-state index contributed by atoms with van der Waals surface area (Å²) in [7, 11) is 2.14. The topological polar surface area (TPSA) is 106 Å². The van der Waals surface area contributed by atoms with E-state index in [1.54, 1.807) is 0 Å². The largest absolute Gasteiger partial charge is 0.493 e. The number of fused-ring (bicyclic) bond motifs is 1. The van der Waals surface area contributed by atoms with E-state index in [0.717, 1.165) is 61.6 Å². The number of benzene rings is 2. The van der Waals surface area contributed by atoms with E-state index in [1.165, 1.54) is 0 Å². The Morgan fingerprint density at radius 2 is 1.71 bits per heavy atom. The van der Waals surface area contributed by atoms with Crippen LogP contribution in [0.2, 0.25) is 0 Å². The summed E-state index contributed by atoms with van der Waals surface area (Å²) < 4.78 is 5.63. The van der Waals surface area contributed by atoms with Crippen LogP contribution in [0.15, 0.2) is 64.1 Å². The van der Waals surface area contributed by atoms with E-state index in [-0.39, 0.29) is 5.84 Å². The maximum atomic E-state index is 6.85. The first-order valence-corrected chi connectivity index (χ1v) is 12.0. The minimum atomic E-state index is 0.284. The fraction of sp³-hybridized carbons (Fsp3) is 0.346. The van der Waals surface area contributed by atoms with Gasteiger partial charge >= 0.3 is 0 Å². The molecule has 0 aromatic heterocycles. The zero-order valence-corrected chi connectivity index (χ0v) is 20.4. The Hall–Kier alpha value is -3.00. The molecule has 0 spiro atoms. The highest BCUT2D eigenvalue weighted by molar-refractivity contribution is 6.39. The molecule has 6 N–H and O–H groups in total. The van der Waals surface area contributed by atoms with Gasteiger partial charge in [0, 0.05) is 39.1 Å². The Bertz CT molecular complexity index is 1100. The van der Waals surface area contributed by atoms with E-state index in [0.29, 0.717) is 35.2 Å². The SMILES string of the molecule is CN1CCN(CCN=C(N)C(=C(N)c2ccc3c(c2)CCO3)/C(Cl)=C(\N)c2ccccc2)CC1. The molecule has 1 fully saturated rings. The number of hydrogen-bond donors (Lipinski definition) is 3. The Morgan fingerprint density at radius 3 is 2.44 bits per heavy atom. The van der Waals surface area contributed by atoms with Gasteiger partial charge in [-0.2, -0.15) is 0 Å². The Balaban J connectivity index is 1.67. The molecule has 2 aromatic carbocycles. The van der Waals surface area contributed by atoms with Crippen molar-refractivity contribution in [2.24, 2.45) is 22.2 Å². The van der Waals surface area contributed by atoms with Crippen molar-refractivity contribution >= 4 is 28.8 Å². The smallest absolute Gasteiger partial charge is 0.129 e. The number of halogens is 1. The van der Waals surface area contributed by atoms with Crippen LogP contribution in [0, 0.1) is 0 Å². The fourth-order valence-electron chi connectivity index (χ4n) is 4.21. The third-order valence-electron chi connectivity index (χ3n) is 6.36. The summed E-state index contributed by atoms with van der Waals surface area (Å²) in [5.74, 6) is 1.17. The maximum Gasteiger partial charge on any atom is 0.129 e. The molecule has 180 valence electrons. The van der Waals surface area contributed by atoms with Crippen LogP contribution in [-0.2, 0) is 6.42 Å². The lowest BCUT2D eigenvalue weighted by atomic mass is 10.0. The number of nitrogens with two attached hydrogens (primary N) is 3. The predicted octanol–water partition coefficient (Wildman–Crippen LogP) is 2.46. The van der Waals surface area contributed by atoms with Gasteiger partial charge in [-0.15, -0.1) is 0 Å². The zero-order chi connectivity index (χ0) is 24.1. The minimum absolute atomic E-state index is 0.284. The fourth-order valence-corrected chi connectivity index (χ4v) is 4.52. The molecule has 0 bridgehead atoms. The summed E-state index contributed by atoms with van der Waals surface area (Å²) >= 11 is 6.85. The number of rotatable bonds is 7. The van der Waals surface area contributed by atoms with Crippen LogP contribution in [0.4, 0.5) is 0 Å². The van der Waals surface area contributed by atoms with Gasteiger partial charge in [0.1, 0.15) is 11.6 Å². The van der Waals surface area contributed by atoms with Gasteiger partial charge in [-0.25, -0.2) is 0 Å². The molecule has 2 aromatic rings. The summed E-state index contributed by atoms with van der Waals surface area (Å²) in [6, 6.07) is 15.4. The normalized spacial score (nSPS) is 18.7. The van der Waals surface area contributed by atoms with Crippen molar-refractivity contribution in [3.8, 4) is 5.75 Å². The minimum Gasteiger partial charge on any atom is -0.493 e. The highest BCUT2D eigenvalue weighted by atomic mass is 35.5. The van der Waals surface area contributed by atoms with Crippen molar-refractivity contribution in [1.29, 1.82) is 0 Å². The quantitative estimate of drug-likeness (QED) is 0.319. The van der Waals surface area contributed by atoms with Gasteiger partial charge in [0.05, 0.1) is 35.2 Å². The highest BCUT2D eigenvalue weighted by Crippen LogP contribution is 2.32. The molecule has 1 saturated heterocycles. The standard InChI is InChI=1S/C26H33ClN6O/c1-32-12-14-33(15-13-32)11-10-31-26(30)22(23(27)25(29)18-5-3-2-4-6-18)24(28)20-7-8-21-19(17-20)9-16-34-21/h2-8,17H,9-16,28-29H2,1H3,(H2,30,31)/b24-22?,25-23+. The van der Waals surface area contributed by atoms with Crippen LogP contribution in [0.5, 0.6) is 5.75 Å². The number of piperazine rings is 1. The molecule has 0 saturated carbocycles. The first-order chi connectivity index (χ1) is 16.4. The molecule has 0 atom stereocenters. The third kappa shape index (κ3) is 5.55. The second kappa shape index (κ2) is 11.0. The summed E-state index contributed by atoms with van der Waals surface area (Å²) in [5, 5.41) is 0.293. The van der Waals surface area contributed by atoms with Gasteiger partial charge in [-0.05, 0) is 41.9 Å². The van der Waals surface area contributed by atoms with E-state index in [2.05, 4.69) is 21.8 Å². The second-order valence-corrected chi connectivity index (χ2v) is 9.09. The molecule has 0 aliphatic carbocycles. The summed E-state index contributed by atoms with van der Waals surface area (Å²) in [6.45, 7) is 6.22. The number of aliphatic imine (C=N–C) groups is 1. The van der Waals surface area contributed by atoms with Crippen LogP contribution < -0.4 is 21.9 Å². The summed E-state index contributed by atoms with van der Waals surface area (Å²) in [6.07, 6.45) is 0.843. The summed E-state index contributed by atoms with van der Waals surface area (Å²) in [5.41, 5.74) is 23.7. The molecule has 0 unspecified atom stereocenters. The van der Waals surface area contributed by atoms with E-state index in [1.807, 2.05) is 48.5 Å². The van der Waals surface area contributed by atoms with E-state index in [9.17, 15) is 0 Å². The van der Waals surface area contributed by atoms with Gasteiger partial charge in [0.2, 0.25) is 0 Å². The number of amidine groups is 1. The lowest BCUT2D eigenvalue weighted by Crippen LogP contribution is -2.45. The number of nitrogens with zero attached hydrogens (tertiary/aromatic N) is 3. The van der Waals surface area contributed by atoms with Crippen molar-refractivity contribution < 1.29 is 4.74 Å². The van der Waals surface area contributed by atoms with Crippen molar-refractivity contribution in [2.45, 2.75) is 6.42 Å². The average molecular weight is 481 g/mol. The van der Waals surface area contributed by atoms with Crippen molar-refractivity contribution in [1.82, 2.24) is 9.80 Å². The number of ether oxygens (including phenoxy) is 1. The predicted molar refractivity (Wildman–Crippen MR) is 141 cm³/mol. The van der Waals surface area contributed by atoms with Crippen LogP contribution in [0.3, 0.4) is 0 Å². The average Bonchev–Trinajstić information content (AvgIpc) is 3.33. The van der Waals surface area contributed by atoms with Gasteiger partial charge in [0.15, 0.2) is 0 Å². The Morgan fingerprint density at radius 1 is 0.971 bits per heavy atom. The van der Waals surface area contributed by atoms with E-state index < -0.39 is 0 Å². The molecular weight excluding hydrogens is 448 g/mol. The van der Waals surface area contributed by atoms with E-state index >= 15 is 0 Å². The lowest BCUT2D eigenvalue weighted by Gasteiger charge is -2.31. The van der Waals surface area contributed by atoms with E-state index in [4.69, 9.17) is 33.5 Å². The maximum absolute atomic E-state index is 6.85. The molecule has 7 nitrogen and oxygen atoms in total. The van der Waals surface area contributed by atoms with Crippen LogP contribution in [-0.4, -0.2) is 68.6 Å². The highest BCUT2D eigenvalue weighted by Gasteiger charge is 2.20. The lowest BCUT2D eigenvalue weighted by molar-refractivity contribution is 0.157. The molecule has 2 aliphatic heterocycles. The molecular formula is C26H33ClN6O. The van der Waals surface area contributed by atoms with Crippen LogP contribution in [0.25, 0.3) is 11.4 Å². The molecule has 2 heterocycles. The number of hydrogen-bond acceptors (Lipinski definition) is 6. The molecule has 0 amide bonds. The monoisotopic (exact) mass is 480 g/mol. The van der Waals surface area contributed by atoms with Gasteiger partial charge in [-0.1, -0.05) is 41.9 Å². The van der Waals surface area contributed by atoms with Crippen molar-refractivity contribution in [2.75, 3.05) is 52.9 Å². The second-order valence-electron chi connectivity index (χ2n) is 8.72. The molecule has 0 radical (unpaired) electrons. The number of likely N-dealkylation sites (N-methyl/N-ethyl adjacent to an activating group) is 1. The Labute approximate surface area is 206 Å². The van der Waals surface area contributed by atoms with Crippen molar-refractivity contribution in [3.05, 3.63) is 75.8 Å². The first-order valence-electron chi connectivity index (χ1n) is 11.6. The van der Waals surface area contributed by atoms with Crippen LogP contribution >= 0.6 is 11.6 Å². The Kier molecular flexibility index (Phi) is 7.77. The molecule has 34 heavy (non-hydrogen) atoms. The van der Waals surface area contributed by atoms with Gasteiger partial charge in [0.25, 0.3) is 0 Å². The van der Waals surface area contributed by atoms with Gasteiger partial charge < -0.3 is 26.8 Å².